The second-order valence-electron chi connectivity index (χ2n) is 5.11. The molecule has 1 aliphatic rings. The highest BCUT2D eigenvalue weighted by molar-refractivity contribution is 5.78. The van der Waals surface area contributed by atoms with Crippen molar-refractivity contribution in [3.05, 3.63) is 0 Å². The highest BCUT2D eigenvalue weighted by Gasteiger charge is 2.15. The van der Waals surface area contributed by atoms with Gasteiger partial charge in [0, 0.05) is 18.9 Å². The van der Waals surface area contributed by atoms with Crippen molar-refractivity contribution >= 4 is 5.78 Å². The molecule has 1 unspecified atom stereocenters. The maximum Gasteiger partial charge on any atom is 0.133 e. The van der Waals surface area contributed by atoms with Crippen molar-refractivity contribution in [1.29, 1.82) is 0 Å². The van der Waals surface area contributed by atoms with Crippen molar-refractivity contribution < 1.29 is 4.79 Å². The van der Waals surface area contributed by atoms with Crippen molar-refractivity contribution in [2.75, 3.05) is 6.54 Å². The number of carbonyl (C=O) groups excluding carboxylic acids is 1. The van der Waals surface area contributed by atoms with Crippen LogP contribution in [-0.4, -0.2) is 18.4 Å². The Balaban J connectivity index is 2.13. The van der Waals surface area contributed by atoms with Gasteiger partial charge in [-0.05, 0) is 31.7 Å². The van der Waals surface area contributed by atoms with Gasteiger partial charge in [-0.3, -0.25) is 4.79 Å². The molecule has 1 fully saturated rings. The third-order valence-electron chi connectivity index (χ3n) is 3.86. The Hall–Kier alpha value is -0.370. The summed E-state index contributed by atoms with van der Waals surface area (Å²) >= 11 is 0. The number of piperidine rings is 1. The Morgan fingerprint density at radius 3 is 2.62 bits per heavy atom. The third kappa shape index (κ3) is 5.11. The number of carbonyl (C=O) groups is 1. The molecule has 1 rings (SSSR count). The Kier molecular flexibility index (Phi) is 6.70. The number of hydrogen-bond acceptors (Lipinski definition) is 2. The van der Waals surface area contributed by atoms with Crippen molar-refractivity contribution in [1.82, 2.24) is 5.32 Å². The molecule has 0 aromatic carbocycles. The van der Waals surface area contributed by atoms with Crippen LogP contribution in [0.3, 0.4) is 0 Å². The molecule has 0 amide bonds. The largest absolute Gasteiger partial charge is 0.314 e. The Labute approximate surface area is 100 Å². The molecule has 1 aliphatic heterocycles. The smallest absolute Gasteiger partial charge is 0.133 e. The molecular weight excluding hydrogens is 198 g/mol. The fourth-order valence-electron chi connectivity index (χ4n) is 2.51. The van der Waals surface area contributed by atoms with Gasteiger partial charge in [-0.1, -0.05) is 33.1 Å². The van der Waals surface area contributed by atoms with E-state index in [-0.39, 0.29) is 0 Å². The standard InChI is InChI=1S/C14H27NO/c1-3-12(4-2)11-14(16)9-8-13-7-5-6-10-15-13/h12-13,15H,3-11H2,1-2H3. The Morgan fingerprint density at radius 1 is 1.31 bits per heavy atom. The monoisotopic (exact) mass is 225 g/mol. The molecule has 1 heterocycles. The first-order valence-electron chi connectivity index (χ1n) is 7.01. The highest BCUT2D eigenvalue weighted by atomic mass is 16.1. The molecule has 2 heteroatoms. The predicted octanol–water partition coefficient (Wildman–Crippen LogP) is 3.30. The van der Waals surface area contributed by atoms with Gasteiger partial charge in [-0.25, -0.2) is 0 Å². The van der Waals surface area contributed by atoms with Gasteiger partial charge in [-0.2, -0.15) is 0 Å². The van der Waals surface area contributed by atoms with E-state index < -0.39 is 0 Å². The fraction of sp³-hybridized carbons (Fsp3) is 0.929. The van der Waals surface area contributed by atoms with E-state index in [2.05, 4.69) is 19.2 Å². The number of hydrogen-bond donors (Lipinski definition) is 1. The van der Waals surface area contributed by atoms with E-state index in [1.54, 1.807) is 0 Å². The van der Waals surface area contributed by atoms with Crippen LogP contribution in [0.1, 0.15) is 65.2 Å². The first-order valence-corrected chi connectivity index (χ1v) is 7.01. The molecule has 0 aromatic rings. The van der Waals surface area contributed by atoms with E-state index in [1.165, 1.54) is 19.3 Å². The van der Waals surface area contributed by atoms with Crippen molar-refractivity contribution in [2.24, 2.45) is 5.92 Å². The normalized spacial score (nSPS) is 21.3. The fourth-order valence-corrected chi connectivity index (χ4v) is 2.51. The average Bonchev–Trinajstić information content (AvgIpc) is 2.34. The molecule has 16 heavy (non-hydrogen) atoms. The summed E-state index contributed by atoms with van der Waals surface area (Å²) in [5, 5.41) is 3.50. The first kappa shape index (κ1) is 13.7. The summed E-state index contributed by atoms with van der Waals surface area (Å²) in [5.74, 6) is 1.09. The first-order chi connectivity index (χ1) is 7.76. The minimum absolute atomic E-state index is 0.473. The van der Waals surface area contributed by atoms with Crippen LogP contribution in [0.5, 0.6) is 0 Å². The zero-order chi connectivity index (χ0) is 11.8. The van der Waals surface area contributed by atoms with Gasteiger partial charge >= 0.3 is 0 Å². The van der Waals surface area contributed by atoms with Crippen LogP contribution < -0.4 is 5.32 Å². The molecule has 94 valence electrons. The second-order valence-corrected chi connectivity index (χ2v) is 5.11. The van der Waals surface area contributed by atoms with Gasteiger partial charge < -0.3 is 5.32 Å². The van der Waals surface area contributed by atoms with Gasteiger partial charge in [0.1, 0.15) is 5.78 Å². The van der Waals surface area contributed by atoms with Gasteiger partial charge in [0.2, 0.25) is 0 Å². The maximum absolute atomic E-state index is 11.8. The lowest BCUT2D eigenvalue weighted by atomic mass is 9.93. The second kappa shape index (κ2) is 7.83. The molecule has 0 aromatic heterocycles. The summed E-state index contributed by atoms with van der Waals surface area (Å²) in [6.45, 7) is 5.51. The summed E-state index contributed by atoms with van der Waals surface area (Å²) in [5.41, 5.74) is 0. The van der Waals surface area contributed by atoms with Crippen LogP contribution in [0.15, 0.2) is 0 Å². The summed E-state index contributed by atoms with van der Waals surface area (Å²) in [7, 11) is 0. The van der Waals surface area contributed by atoms with E-state index in [1.807, 2.05) is 0 Å². The van der Waals surface area contributed by atoms with E-state index >= 15 is 0 Å². The lowest BCUT2D eigenvalue weighted by molar-refractivity contribution is -0.120. The zero-order valence-corrected chi connectivity index (χ0v) is 10.9. The number of nitrogens with one attached hydrogen (secondary N) is 1. The minimum atomic E-state index is 0.473. The molecule has 0 spiro atoms. The van der Waals surface area contributed by atoms with Gasteiger partial charge in [0.05, 0.1) is 0 Å². The van der Waals surface area contributed by atoms with Crippen LogP contribution in [0.25, 0.3) is 0 Å². The van der Waals surface area contributed by atoms with Gasteiger partial charge in [-0.15, -0.1) is 0 Å². The lowest BCUT2D eigenvalue weighted by Gasteiger charge is -2.23. The zero-order valence-electron chi connectivity index (χ0n) is 10.9. The quantitative estimate of drug-likeness (QED) is 0.720. The molecule has 1 atom stereocenters. The van der Waals surface area contributed by atoms with Crippen molar-refractivity contribution in [3.63, 3.8) is 0 Å². The lowest BCUT2D eigenvalue weighted by Crippen LogP contribution is -2.34. The molecule has 0 aliphatic carbocycles. The van der Waals surface area contributed by atoms with Crippen LogP contribution in [0.4, 0.5) is 0 Å². The summed E-state index contributed by atoms with van der Waals surface area (Å²) in [6, 6.07) is 0.611. The minimum Gasteiger partial charge on any atom is -0.314 e. The van der Waals surface area contributed by atoms with Crippen LogP contribution in [-0.2, 0) is 4.79 Å². The molecule has 0 saturated carbocycles. The van der Waals surface area contributed by atoms with Gasteiger partial charge in [0.25, 0.3) is 0 Å². The molecular formula is C14H27NO. The third-order valence-corrected chi connectivity index (χ3v) is 3.86. The van der Waals surface area contributed by atoms with Crippen LogP contribution in [0, 0.1) is 5.92 Å². The topological polar surface area (TPSA) is 29.1 Å². The summed E-state index contributed by atoms with van der Waals surface area (Å²) in [4.78, 5) is 11.8. The number of Topliss-reactive ketones (excluding diaryl/α,β-unsaturated/α-hetero) is 1. The van der Waals surface area contributed by atoms with E-state index in [4.69, 9.17) is 0 Å². The van der Waals surface area contributed by atoms with Crippen molar-refractivity contribution in [2.45, 2.75) is 71.3 Å². The number of ketones is 1. The van der Waals surface area contributed by atoms with Gasteiger partial charge in [0.15, 0.2) is 0 Å². The summed E-state index contributed by atoms with van der Waals surface area (Å²) < 4.78 is 0. The summed E-state index contributed by atoms with van der Waals surface area (Å²) in [6.07, 6.45) is 8.83. The highest BCUT2D eigenvalue weighted by Crippen LogP contribution is 2.17. The Morgan fingerprint density at radius 2 is 2.06 bits per heavy atom. The molecule has 1 N–H and O–H groups in total. The van der Waals surface area contributed by atoms with Crippen LogP contribution >= 0.6 is 0 Å². The number of rotatable bonds is 7. The maximum atomic E-state index is 11.8. The van der Waals surface area contributed by atoms with Crippen LogP contribution in [0.2, 0.25) is 0 Å². The van der Waals surface area contributed by atoms with E-state index in [0.717, 1.165) is 38.6 Å². The Bertz CT molecular complexity index is 193. The molecule has 0 radical (unpaired) electrons. The molecule has 2 nitrogen and oxygen atoms in total. The van der Waals surface area contributed by atoms with Crippen molar-refractivity contribution in [3.8, 4) is 0 Å². The average molecular weight is 225 g/mol. The predicted molar refractivity (Wildman–Crippen MR) is 68.6 cm³/mol. The molecule has 0 bridgehead atoms. The van der Waals surface area contributed by atoms with E-state index in [0.29, 0.717) is 17.7 Å². The SMILES string of the molecule is CCC(CC)CC(=O)CCC1CCCCN1. The molecule has 1 saturated heterocycles. The van der Waals surface area contributed by atoms with E-state index in [9.17, 15) is 4.79 Å².